The van der Waals surface area contributed by atoms with Crippen LogP contribution in [0.2, 0.25) is 0 Å². The highest BCUT2D eigenvalue weighted by molar-refractivity contribution is 7.21. The van der Waals surface area contributed by atoms with E-state index in [1.165, 1.54) is 0 Å². The van der Waals surface area contributed by atoms with Crippen molar-refractivity contribution in [2.45, 2.75) is 20.8 Å². The number of rotatable bonds is 2. The van der Waals surface area contributed by atoms with Crippen LogP contribution < -0.4 is 0 Å². The van der Waals surface area contributed by atoms with Crippen molar-refractivity contribution in [1.82, 2.24) is 9.88 Å². The van der Waals surface area contributed by atoms with E-state index in [2.05, 4.69) is 15.0 Å². The minimum atomic E-state index is -0.398. The van der Waals surface area contributed by atoms with Crippen LogP contribution in [-0.2, 0) is 9.53 Å². The van der Waals surface area contributed by atoms with Gasteiger partial charge in [-0.15, -0.1) is 11.3 Å². The van der Waals surface area contributed by atoms with Gasteiger partial charge in [0.2, 0.25) is 5.84 Å². The number of ether oxygens (including phenoxy) is 1. The molecule has 2 aliphatic rings. The lowest BCUT2D eigenvalue weighted by Crippen LogP contribution is -2.42. The Bertz CT molecular complexity index is 897. The zero-order valence-corrected chi connectivity index (χ0v) is 14.0. The van der Waals surface area contributed by atoms with Crippen molar-refractivity contribution in [3.8, 4) is 0 Å². The van der Waals surface area contributed by atoms with Crippen LogP contribution >= 0.6 is 11.3 Å². The maximum atomic E-state index is 12.3. The van der Waals surface area contributed by atoms with Gasteiger partial charge in [-0.3, -0.25) is 4.99 Å². The topological polar surface area (TPSA) is 67.1 Å². The molecule has 0 N–H and O–H groups in total. The minimum absolute atomic E-state index is 0.329. The number of aliphatic imine (C=N–C) groups is 2. The second kappa shape index (κ2) is 5.13. The highest BCUT2D eigenvalue weighted by atomic mass is 32.1. The van der Waals surface area contributed by atoms with Crippen molar-refractivity contribution in [2.24, 2.45) is 9.98 Å². The SMILES string of the molecule is CCOC(=O)C1=Nc2c(sc3nc(C)cc(C)c23)C2=NCCN12. The predicted molar refractivity (Wildman–Crippen MR) is 90.9 cm³/mol. The van der Waals surface area contributed by atoms with E-state index in [1.54, 1.807) is 18.3 Å². The van der Waals surface area contributed by atoms with Crippen LogP contribution in [0.3, 0.4) is 0 Å². The maximum Gasteiger partial charge on any atom is 0.374 e. The summed E-state index contributed by atoms with van der Waals surface area (Å²) in [6.07, 6.45) is 0. The quantitative estimate of drug-likeness (QED) is 0.795. The second-order valence-corrected chi connectivity index (χ2v) is 6.55. The smallest absolute Gasteiger partial charge is 0.374 e. The normalized spacial score (nSPS) is 16.0. The fourth-order valence-corrected chi connectivity index (χ4v) is 4.30. The molecular weight excluding hydrogens is 312 g/mol. The Hall–Kier alpha value is -2.28. The van der Waals surface area contributed by atoms with Crippen LogP contribution in [0.5, 0.6) is 0 Å². The summed E-state index contributed by atoms with van der Waals surface area (Å²) in [7, 11) is 0. The fraction of sp³-hybridized carbons (Fsp3) is 0.375. The number of carbonyl (C=O) groups excluding carboxylic acids is 1. The molecular formula is C16H16N4O2S. The Labute approximate surface area is 137 Å². The van der Waals surface area contributed by atoms with Crippen LogP contribution in [0, 0.1) is 13.8 Å². The standard InChI is InChI=1S/C16H16N4O2S/c1-4-22-16(21)14-19-11-10-8(2)7-9(3)18-15(10)23-12(11)13-17-5-6-20(13)14/h7H,4-6H2,1-3H3. The minimum Gasteiger partial charge on any atom is -0.460 e. The van der Waals surface area contributed by atoms with Gasteiger partial charge in [0.05, 0.1) is 23.7 Å². The summed E-state index contributed by atoms with van der Waals surface area (Å²) in [5.74, 6) is 0.748. The van der Waals surface area contributed by atoms with Gasteiger partial charge < -0.3 is 9.64 Å². The molecule has 4 rings (SSSR count). The van der Waals surface area contributed by atoms with Gasteiger partial charge in [0.25, 0.3) is 0 Å². The van der Waals surface area contributed by atoms with Crippen molar-refractivity contribution >= 4 is 44.9 Å². The zero-order valence-electron chi connectivity index (χ0n) is 13.2. The number of carbonyl (C=O) groups is 1. The Morgan fingerprint density at radius 1 is 1.43 bits per heavy atom. The summed E-state index contributed by atoms with van der Waals surface area (Å²) in [5, 5.41) is 1.01. The second-order valence-electron chi connectivity index (χ2n) is 5.55. The first kappa shape index (κ1) is 14.3. The van der Waals surface area contributed by atoms with Gasteiger partial charge in [0, 0.05) is 17.6 Å². The van der Waals surface area contributed by atoms with Gasteiger partial charge in [-0.05, 0) is 32.4 Å². The zero-order chi connectivity index (χ0) is 16.1. The number of amidine groups is 2. The third-order valence-corrected chi connectivity index (χ3v) is 5.01. The van der Waals surface area contributed by atoms with E-state index in [-0.39, 0.29) is 0 Å². The first-order valence-corrected chi connectivity index (χ1v) is 8.40. The Morgan fingerprint density at radius 3 is 3.04 bits per heavy atom. The van der Waals surface area contributed by atoms with Crippen LogP contribution in [0.1, 0.15) is 23.1 Å². The van der Waals surface area contributed by atoms with E-state index in [4.69, 9.17) is 4.74 Å². The Morgan fingerprint density at radius 2 is 2.26 bits per heavy atom. The first-order valence-electron chi connectivity index (χ1n) is 7.59. The third-order valence-electron chi connectivity index (χ3n) is 3.94. The molecule has 0 amide bonds. The van der Waals surface area contributed by atoms with Crippen molar-refractivity contribution in [1.29, 1.82) is 0 Å². The number of fused-ring (bicyclic) bond motifs is 5. The average Bonchev–Trinajstić information content (AvgIpc) is 3.09. The molecule has 23 heavy (non-hydrogen) atoms. The number of thiophene rings is 1. The molecule has 2 aliphatic heterocycles. The lowest BCUT2D eigenvalue weighted by Gasteiger charge is -2.24. The van der Waals surface area contributed by atoms with Gasteiger partial charge in [-0.25, -0.2) is 14.8 Å². The van der Waals surface area contributed by atoms with Crippen molar-refractivity contribution < 1.29 is 9.53 Å². The molecule has 0 aromatic carbocycles. The first-order chi connectivity index (χ1) is 11.1. The monoisotopic (exact) mass is 328 g/mol. The Kier molecular flexibility index (Phi) is 3.19. The molecule has 0 fully saturated rings. The van der Waals surface area contributed by atoms with E-state index in [1.807, 2.05) is 24.8 Å². The molecule has 0 saturated carbocycles. The number of hydrogen-bond donors (Lipinski definition) is 0. The number of pyridine rings is 1. The summed E-state index contributed by atoms with van der Waals surface area (Å²) in [4.78, 5) is 29.9. The van der Waals surface area contributed by atoms with Gasteiger partial charge in [-0.2, -0.15) is 0 Å². The highest BCUT2D eigenvalue weighted by Crippen LogP contribution is 2.43. The number of esters is 1. The molecule has 0 aliphatic carbocycles. The lowest BCUT2D eigenvalue weighted by molar-refractivity contribution is -0.135. The maximum absolute atomic E-state index is 12.3. The van der Waals surface area contributed by atoms with E-state index >= 15 is 0 Å². The fourth-order valence-electron chi connectivity index (χ4n) is 3.05. The molecule has 4 heterocycles. The van der Waals surface area contributed by atoms with Gasteiger partial charge >= 0.3 is 5.97 Å². The molecule has 0 atom stereocenters. The molecule has 7 heteroatoms. The molecule has 0 spiro atoms. The summed E-state index contributed by atoms with van der Waals surface area (Å²) in [6, 6.07) is 2.04. The molecule has 0 radical (unpaired) electrons. The molecule has 6 nitrogen and oxygen atoms in total. The molecule has 118 valence electrons. The summed E-state index contributed by atoms with van der Waals surface area (Å²) >= 11 is 1.59. The molecule has 0 unspecified atom stereocenters. The summed E-state index contributed by atoms with van der Waals surface area (Å²) < 4.78 is 5.16. The number of nitrogens with zero attached hydrogens (tertiary/aromatic N) is 4. The van der Waals surface area contributed by atoms with E-state index in [9.17, 15) is 4.79 Å². The van der Waals surface area contributed by atoms with Crippen LogP contribution in [-0.4, -0.2) is 47.2 Å². The largest absolute Gasteiger partial charge is 0.460 e. The molecule has 2 aromatic rings. The van der Waals surface area contributed by atoms with Gasteiger partial charge in [0.1, 0.15) is 10.7 Å². The Balaban J connectivity index is 1.99. The van der Waals surface area contributed by atoms with Crippen molar-refractivity contribution in [2.75, 3.05) is 19.7 Å². The highest BCUT2D eigenvalue weighted by Gasteiger charge is 2.36. The van der Waals surface area contributed by atoms with E-state index in [0.29, 0.717) is 25.5 Å². The number of hydrogen-bond acceptors (Lipinski definition) is 7. The third kappa shape index (κ3) is 2.07. The predicted octanol–water partition coefficient (Wildman–Crippen LogP) is 2.58. The van der Waals surface area contributed by atoms with Gasteiger partial charge in [-0.1, -0.05) is 0 Å². The van der Waals surface area contributed by atoms with Crippen LogP contribution in [0.25, 0.3) is 10.2 Å². The number of aryl methyl sites for hydroxylation is 2. The van der Waals surface area contributed by atoms with Crippen molar-refractivity contribution in [3.63, 3.8) is 0 Å². The van der Waals surface area contributed by atoms with Crippen LogP contribution in [0.15, 0.2) is 16.1 Å². The molecule has 2 aromatic heterocycles. The lowest BCUT2D eigenvalue weighted by atomic mass is 10.1. The average molecular weight is 328 g/mol. The number of aromatic nitrogens is 1. The van der Waals surface area contributed by atoms with Crippen molar-refractivity contribution in [3.05, 3.63) is 22.2 Å². The van der Waals surface area contributed by atoms with E-state index < -0.39 is 5.97 Å². The van der Waals surface area contributed by atoms with E-state index in [0.717, 1.165) is 37.9 Å². The molecule has 0 bridgehead atoms. The summed E-state index contributed by atoms with van der Waals surface area (Å²) in [6.45, 7) is 7.47. The summed E-state index contributed by atoms with van der Waals surface area (Å²) in [5.41, 5.74) is 2.90. The molecule has 0 saturated heterocycles. The van der Waals surface area contributed by atoms with Gasteiger partial charge in [0.15, 0.2) is 0 Å². The van der Waals surface area contributed by atoms with Crippen LogP contribution in [0.4, 0.5) is 5.69 Å².